The van der Waals surface area contributed by atoms with E-state index in [2.05, 4.69) is 34.7 Å². The molecule has 0 unspecified atom stereocenters. The van der Waals surface area contributed by atoms with E-state index in [4.69, 9.17) is 0 Å². The molecule has 0 aliphatic heterocycles. The summed E-state index contributed by atoms with van der Waals surface area (Å²) in [6, 6.07) is 4.16. The van der Waals surface area contributed by atoms with E-state index in [9.17, 15) is 4.79 Å². The van der Waals surface area contributed by atoms with Crippen molar-refractivity contribution in [1.82, 2.24) is 15.2 Å². The molecule has 2 heterocycles. The van der Waals surface area contributed by atoms with Crippen LogP contribution in [0.2, 0.25) is 0 Å². The van der Waals surface area contributed by atoms with Gasteiger partial charge in [-0.25, -0.2) is 9.78 Å². The van der Waals surface area contributed by atoms with Crippen LogP contribution in [0.25, 0.3) is 0 Å². The second-order valence-electron chi connectivity index (χ2n) is 5.29. The second-order valence-corrected chi connectivity index (χ2v) is 7.38. The molecule has 0 aliphatic carbocycles. The molecule has 0 saturated carbocycles. The van der Waals surface area contributed by atoms with Crippen molar-refractivity contribution >= 4 is 28.7 Å². The van der Waals surface area contributed by atoms with Crippen LogP contribution in [0.3, 0.4) is 0 Å². The number of thiophene rings is 1. The summed E-state index contributed by atoms with van der Waals surface area (Å²) in [5.74, 6) is 0.433. The SMILES string of the molecule is Cc1nc(CN(C)C(=O)NC[C@H](C)Cc2cccs2)cs1. The number of hydrogen-bond acceptors (Lipinski definition) is 4. The lowest BCUT2D eigenvalue weighted by Crippen LogP contribution is -2.39. The lowest BCUT2D eigenvalue weighted by molar-refractivity contribution is 0.204. The van der Waals surface area contributed by atoms with Gasteiger partial charge in [-0.05, 0) is 30.7 Å². The summed E-state index contributed by atoms with van der Waals surface area (Å²) in [5.41, 5.74) is 0.946. The summed E-state index contributed by atoms with van der Waals surface area (Å²) in [6.45, 7) is 5.37. The van der Waals surface area contributed by atoms with Crippen molar-refractivity contribution in [3.63, 3.8) is 0 Å². The number of carbonyl (C=O) groups is 1. The van der Waals surface area contributed by atoms with Crippen molar-refractivity contribution in [2.24, 2.45) is 5.92 Å². The van der Waals surface area contributed by atoms with Crippen LogP contribution in [0.5, 0.6) is 0 Å². The monoisotopic (exact) mass is 323 g/mol. The molecular weight excluding hydrogens is 302 g/mol. The standard InChI is InChI=1S/C15H21N3OS2/c1-11(7-14-5-4-6-20-14)8-16-15(19)18(3)9-13-10-21-12(2)17-13/h4-6,10-11H,7-9H2,1-3H3,(H,16,19)/t11-/m1/s1. The Labute approximate surface area is 133 Å². The van der Waals surface area contributed by atoms with Gasteiger partial charge in [0.2, 0.25) is 0 Å². The van der Waals surface area contributed by atoms with Crippen molar-refractivity contribution < 1.29 is 4.79 Å². The molecule has 2 aromatic heterocycles. The van der Waals surface area contributed by atoms with Gasteiger partial charge in [-0.1, -0.05) is 13.0 Å². The quantitative estimate of drug-likeness (QED) is 0.884. The number of nitrogens with one attached hydrogen (secondary N) is 1. The van der Waals surface area contributed by atoms with Gasteiger partial charge in [-0.3, -0.25) is 0 Å². The van der Waals surface area contributed by atoms with Crippen molar-refractivity contribution in [1.29, 1.82) is 0 Å². The predicted molar refractivity (Wildman–Crippen MR) is 88.9 cm³/mol. The van der Waals surface area contributed by atoms with E-state index >= 15 is 0 Å². The molecule has 1 atom stereocenters. The van der Waals surface area contributed by atoms with Crippen LogP contribution in [0.1, 0.15) is 22.5 Å². The Morgan fingerprint density at radius 2 is 2.29 bits per heavy atom. The summed E-state index contributed by atoms with van der Waals surface area (Å²) in [6.07, 6.45) is 1.01. The van der Waals surface area contributed by atoms with Gasteiger partial charge in [0.1, 0.15) is 0 Å². The topological polar surface area (TPSA) is 45.2 Å². The number of urea groups is 1. The Morgan fingerprint density at radius 3 is 2.90 bits per heavy atom. The first-order valence-corrected chi connectivity index (χ1v) is 8.73. The number of nitrogens with zero attached hydrogens (tertiary/aromatic N) is 2. The van der Waals surface area contributed by atoms with Crippen LogP contribution < -0.4 is 5.32 Å². The van der Waals surface area contributed by atoms with E-state index < -0.39 is 0 Å². The molecule has 0 aliphatic rings. The Balaban J connectivity index is 1.73. The van der Waals surface area contributed by atoms with Crippen LogP contribution in [0, 0.1) is 12.8 Å². The highest BCUT2D eigenvalue weighted by Crippen LogP contribution is 2.14. The molecule has 0 bridgehead atoms. The highest BCUT2D eigenvalue weighted by atomic mass is 32.1. The minimum absolute atomic E-state index is 0.0429. The van der Waals surface area contributed by atoms with Crippen LogP contribution in [0.4, 0.5) is 4.79 Å². The van der Waals surface area contributed by atoms with E-state index in [0.717, 1.165) is 17.1 Å². The van der Waals surface area contributed by atoms with Crippen molar-refractivity contribution in [3.8, 4) is 0 Å². The second kappa shape index (κ2) is 7.56. The lowest BCUT2D eigenvalue weighted by atomic mass is 10.1. The molecule has 0 saturated heterocycles. The Bertz CT molecular complexity index is 565. The zero-order chi connectivity index (χ0) is 15.2. The first-order valence-electron chi connectivity index (χ1n) is 6.97. The highest BCUT2D eigenvalue weighted by molar-refractivity contribution is 7.10. The first kappa shape index (κ1) is 16.0. The Kier molecular flexibility index (Phi) is 5.76. The molecule has 0 spiro atoms. The number of amides is 2. The third kappa shape index (κ3) is 5.13. The van der Waals surface area contributed by atoms with Gasteiger partial charge in [-0.15, -0.1) is 22.7 Å². The van der Waals surface area contributed by atoms with E-state index in [0.29, 0.717) is 19.0 Å². The van der Waals surface area contributed by atoms with E-state index in [-0.39, 0.29) is 6.03 Å². The molecule has 0 radical (unpaired) electrons. The molecule has 2 rings (SSSR count). The van der Waals surface area contributed by atoms with Crippen LogP contribution in [-0.4, -0.2) is 29.5 Å². The van der Waals surface area contributed by atoms with Gasteiger partial charge in [0.15, 0.2) is 0 Å². The fraction of sp³-hybridized carbons (Fsp3) is 0.467. The minimum atomic E-state index is -0.0429. The lowest BCUT2D eigenvalue weighted by Gasteiger charge is -2.18. The highest BCUT2D eigenvalue weighted by Gasteiger charge is 2.12. The number of aryl methyl sites for hydroxylation is 1. The average molecular weight is 323 g/mol. The summed E-state index contributed by atoms with van der Waals surface area (Å²) >= 11 is 3.38. The number of thiazole rings is 1. The van der Waals surface area contributed by atoms with E-state index in [1.165, 1.54) is 4.88 Å². The number of carbonyl (C=O) groups excluding carboxylic acids is 1. The molecule has 21 heavy (non-hydrogen) atoms. The normalized spacial score (nSPS) is 12.1. The molecule has 1 N–H and O–H groups in total. The summed E-state index contributed by atoms with van der Waals surface area (Å²) in [7, 11) is 1.80. The third-order valence-corrected chi connectivity index (χ3v) is 4.86. The van der Waals surface area contributed by atoms with Crippen LogP contribution in [0.15, 0.2) is 22.9 Å². The maximum atomic E-state index is 12.1. The van der Waals surface area contributed by atoms with E-state index in [1.54, 1.807) is 34.6 Å². The predicted octanol–water partition coefficient (Wildman–Crippen LogP) is 3.53. The molecule has 2 aromatic rings. The number of hydrogen-bond donors (Lipinski definition) is 1. The average Bonchev–Trinajstić information content (AvgIpc) is 3.08. The van der Waals surface area contributed by atoms with Crippen molar-refractivity contribution in [2.75, 3.05) is 13.6 Å². The van der Waals surface area contributed by atoms with Gasteiger partial charge >= 0.3 is 6.03 Å². The molecule has 4 nitrogen and oxygen atoms in total. The zero-order valence-electron chi connectivity index (χ0n) is 12.6. The van der Waals surface area contributed by atoms with Crippen molar-refractivity contribution in [2.45, 2.75) is 26.8 Å². The molecule has 0 fully saturated rings. The molecule has 6 heteroatoms. The fourth-order valence-corrected chi connectivity index (χ4v) is 3.51. The summed E-state index contributed by atoms with van der Waals surface area (Å²) in [4.78, 5) is 19.5. The smallest absolute Gasteiger partial charge is 0.317 e. The maximum Gasteiger partial charge on any atom is 0.317 e. The summed E-state index contributed by atoms with van der Waals surface area (Å²) in [5, 5.41) is 8.11. The summed E-state index contributed by atoms with van der Waals surface area (Å²) < 4.78 is 0. The molecule has 2 amide bonds. The van der Waals surface area contributed by atoms with Gasteiger partial charge in [0.05, 0.1) is 17.2 Å². The van der Waals surface area contributed by atoms with Gasteiger partial charge < -0.3 is 10.2 Å². The number of rotatable bonds is 6. The number of aromatic nitrogens is 1. The Hall–Kier alpha value is -1.40. The van der Waals surface area contributed by atoms with Crippen molar-refractivity contribution in [3.05, 3.63) is 38.5 Å². The maximum absolute atomic E-state index is 12.1. The zero-order valence-corrected chi connectivity index (χ0v) is 14.3. The minimum Gasteiger partial charge on any atom is -0.338 e. The van der Waals surface area contributed by atoms with Gasteiger partial charge in [0, 0.05) is 23.8 Å². The van der Waals surface area contributed by atoms with Crippen LogP contribution in [-0.2, 0) is 13.0 Å². The molecule has 0 aromatic carbocycles. The molecular formula is C15H21N3OS2. The largest absolute Gasteiger partial charge is 0.338 e. The Morgan fingerprint density at radius 1 is 1.48 bits per heavy atom. The first-order chi connectivity index (χ1) is 10.0. The van der Waals surface area contributed by atoms with Gasteiger partial charge in [-0.2, -0.15) is 0 Å². The van der Waals surface area contributed by atoms with Crippen LogP contribution >= 0.6 is 22.7 Å². The fourth-order valence-electron chi connectivity index (χ4n) is 2.04. The third-order valence-electron chi connectivity index (χ3n) is 3.14. The molecule has 114 valence electrons. The van der Waals surface area contributed by atoms with Gasteiger partial charge in [0.25, 0.3) is 0 Å². The van der Waals surface area contributed by atoms with E-state index in [1.807, 2.05) is 12.3 Å².